The van der Waals surface area contributed by atoms with Gasteiger partial charge in [-0.05, 0) is 42.7 Å². The van der Waals surface area contributed by atoms with Gasteiger partial charge in [0.2, 0.25) is 5.95 Å². The Hall–Kier alpha value is -2.81. The Balaban J connectivity index is 1.39. The van der Waals surface area contributed by atoms with Crippen LogP contribution in [-0.4, -0.2) is 45.0 Å². The third kappa shape index (κ3) is 4.01. The molecule has 3 heterocycles. The van der Waals surface area contributed by atoms with E-state index < -0.39 is 11.9 Å². The first-order chi connectivity index (χ1) is 15.5. The number of benzene rings is 1. The van der Waals surface area contributed by atoms with Crippen molar-refractivity contribution < 1.29 is 14.2 Å². The van der Waals surface area contributed by atoms with Crippen molar-refractivity contribution >= 4 is 17.5 Å². The number of ether oxygens (including phenoxy) is 1. The fourth-order valence-corrected chi connectivity index (χ4v) is 4.68. The van der Waals surface area contributed by atoms with Gasteiger partial charge in [-0.2, -0.15) is 0 Å². The number of hydrogen-bond acceptors (Lipinski definition) is 6. The van der Waals surface area contributed by atoms with E-state index in [4.69, 9.17) is 16.3 Å². The average molecular weight is 457 g/mol. The molecule has 3 aromatic rings. The molecule has 0 amide bonds. The van der Waals surface area contributed by atoms with Crippen molar-refractivity contribution in [1.29, 1.82) is 0 Å². The minimum atomic E-state index is -0.731. The van der Waals surface area contributed by atoms with Crippen molar-refractivity contribution in [2.75, 3.05) is 18.5 Å². The number of anilines is 1. The average Bonchev–Trinajstić information content (AvgIpc) is 3.41. The number of aromatic nitrogens is 3. The van der Waals surface area contributed by atoms with E-state index in [0.29, 0.717) is 40.8 Å². The Kier molecular flexibility index (Phi) is 5.67. The van der Waals surface area contributed by atoms with E-state index in [9.17, 15) is 14.3 Å². The molecule has 9 heteroatoms. The summed E-state index contributed by atoms with van der Waals surface area (Å²) in [5.74, 6) is 0.397. The van der Waals surface area contributed by atoms with Crippen LogP contribution < -0.4 is 10.9 Å². The van der Waals surface area contributed by atoms with Gasteiger partial charge in [0.05, 0.1) is 36.1 Å². The number of nitrogens with zero attached hydrogens (tertiary/aromatic N) is 3. The van der Waals surface area contributed by atoms with Crippen LogP contribution in [0.1, 0.15) is 24.4 Å². The maximum atomic E-state index is 13.9. The number of halogens is 2. The highest BCUT2D eigenvalue weighted by molar-refractivity contribution is 6.30. The molecule has 2 bridgehead atoms. The summed E-state index contributed by atoms with van der Waals surface area (Å²) in [5.41, 5.74) is 1.36. The molecule has 5 rings (SSSR count). The molecule has 2 aromatic heterocycles. The molecule has 1 aliphatic carbocycles. The Labute approximate surface area is 188 Å². The topological polar surface area (TPSA) is 89.3 Å². The molecule has 1 aliphatic heterocycles. The zero-order chi connectivity index (χ0) is 22.2. The maximum Gasteiger partial charge on any atom is 0.251 e. The van der Waals surface area contributed by atoms with Crippen molar-refractivity contribution in [3.05, 3.63) is 75.5 Å². The Morgan fingerprint density at radius 1 is 1.28 bits per heavy atom. The van der Waals surface area contributed by atoms with Gasteiger partial charge in [-0.25, -0.2) is 14.4 Å². The van der Waals surface area contributed by atoms with Gasteiger partial charge in [-0.3, -0.25) is 4.79 Å². The highest BCUT2D eigenvalue weighted by atomic mass is 35.5. The molecule has 2 aliphatic rings. The fraction of sp³-hybridized carbons (Fsp3) is 0.348. The van der Waals surface area contributed by atoms with Crippen LogP contribution in [0.5, 0.6) is 0 Å². The van der Waals surface area contributed by atoms with Gasteiger partial charge < -0.3 is 19.7 Å². The maximum absolute atomic E-state index is 13.9. The molecule has 1 saturated heterocycles. The van der Waals surface area contributed by atoms with Crippen LogP contribution in [0, 0.1) is 11.7 Å². The number of nitrogens with one attached hydrogen (secondary N) is 1. The van der Waals surface area contributed by atoms with Gasteiger partial charge in [0, 0.05) is 36.0 Å². The van der Waals surface area contributed by atoms with E-state index in [-0.39, 0.29) is 17.2 Å². The standard InChI is InChI=1S/C23H22ClFN4O3/c24-17-2-1-14(8-18(17)25)21(11-30)29-6-4-13(9-22(29)31)19-3-5-26-23(27-19)28-20-10-16-7-15(20)12-32-16/h1-6,8-9,15-16,20-21,30H,7,10-12H2,(H,26,27,28)/t15-,16-,20-,21-/m1/s1. The molecule has 2 fully saturated rings. The van der Waals surface area contributed by atoms with Crippen molar-refractivity contribution in [2.24, 2.45) is 5.92 Å². The van der Waals surface area contributed by atoms with Gasteiger partial charge in [-0.1, -0.05) is 17.7 Å². The van der Waals surface area contributed by atoms with Crippen LogP contribution in [0.2, 0.25) is 5.02 Å². The number of pyridine rings is 1. The van der Waals surface area contributed by atoms with Crippen molar-refractivity contribution in [1.82, 2.24) is 14.5 Å². The van der Waals surface area contributed by atoms with E-state index in [2.05, 4.69) is 15.3 Å². The lowest BCUT2D eigenvalue weighted by Crippen LogP contribution is -2.30. The van der Waals surface area contributed by atoms with Crippen LogP contribution in [0.25, 0.3) is 11.3 Å². The Morgan fingerprint density at radius 2 is 2.16 bits per heavy atom. The molecule has 0 spiro atoms. The minimum absolute atomic E-state index is 0.0146. The fourth-order valence-electron chi connectivity index (χ4n) is 4.57. The third-order valence-electron chi connectivity index (χ3n) is 6.25. The summed E-state index contributed by atoms with van der Waals surface area (Å²) in [6.07, 6.45) is 5.57. The van der Waals surface area contributed by atoms with Gasteiger partial charge in [0.15, 0.2) is 0 Å². The second-order valence-electron chi connectivity index (χ2n) is 8.24. The molecule has 0 radical (unpaired) electrons. The van der Waals surface area contributed by atoms with Gasteiger partial charge in [0.1, 0.15) is 5.82 Å². The lowest BCUT2D eigenvalue weighted by atomic mass is 10.1. The second kappa shape index (κ2) is 8.61. The first-order valence-electron chi connectivity index (χ1n) is 10.5. The van der Waals surface area contributed by atoms with Crippen LogP contribution >= 0.6 is 11.6 Å². The number of hydrogen-bond donors (Lipinski definition) is 2. The lowest BCUT2D eigenvalue weighted by Gasteiger charge is -2.23. The van der Waals surface area contributed by atoms with Gasteiger partial charge in [-0.15, -0.1) is 0 Å². The van der Waals surface area contributed by atoms with Crippen molar-refractivity contribution in [2.45, 2.75) is 31.0 Å². The summed E-state index contributed by atoms with van der Waals surface area (Å²) in [5, 5.41) is 13.3. The van der Waals surface area contributed by atoms with Crippen LogP contribution in [0.4, 0.5) is 10.3 Å². The largest absolute Gasteiger partial charge is 0.394 e. The van der Waals surface area contributed by atoms with Gasteiger partial charge in [0.25, 0.3) is 5.56 Å². The molecule has 1 aromatic carbocycles. The van der Waals surface area contributed by atoms with Crippen LogP contribution in [0.3, 0.4) is 0 Å². The highest BCUT2D eigenvalue weighted by Gasteiger charge is 2.41. The van der Waals surface area contributed by atoms with Crippen LogP contribution in [0.15, 0.2) is 53.6 Å². The molecule has 0 unspecified atom stereocenters. The van der Waals surface area contributed by atoms with Gasteiger partial charge >= 0.3 is 0 Å². The predicted octanol–water partition coefficient (Wildman–Crippen LogP) is 3.27. The second-order valence-corrected chi connectivity index (χ2v) is 8.64. The summed E-state index contributed by atoms with van der Waals surface area (Å²) in [7, 11) is 0. The van der Waals surface area contributed by atoms with Crippen molar-refractivity contribution in [3.8, 4) is 11.3 Å². The molecule has 32 heavy (non-hydrogen) atoms. The lowest BCUT2D eigenvalue weighted by molar-refractivity contribution is 0.0723. The first kappa shape index (κ1) is 21.1. The summed E-state index contributed by atoms with van der Waals surface area (Å²) < 4.78 is 20.9. The Morgan fingerprint density at radius 3 is 2.84 bits per heavy atom. The van der Waals surface area contributed by atoms with E-state index >= 15 is 0 Å². The molecule has 7 nitrogen and oxygen atoms in total. The number of aliphatic hydroxyl groups is 1. The van der Waals surface area contributed by atoms with Crippen molar-refractivity contribution in [3.63, 3.8) is 0 Å². The summed E-state index contributed by atoms with van der Waals surface area (Å²) in [6.45, 7) is 0.402. The third-order valence-corrected chi connectivity index (χ3v) is 6.56. The predicted molar refractivity (Wildman–Crippen MR) is 118 cm³/mol. The number of aliphatic hydroxyl groups excluding tert-OH is 1. The van der Waals surface area contributed by atoms with Crippen LogP contribution in [-0.2, 0) is 4.74 Å². The van der Waals surface area contributed by atoms with E-state index in [1.54, 1.807) is 30.6 Å². The normalized spacial score (nSPS) is 22.8. The first-order valence-corrected chi connectivity index (χ1v) is 10.9. The molecule has 166 valence electrons. The summed E-state index contributed by atoms with van der Waals surface area (Å²) in [6, 6.07) is 8.73. The molecule has 4 atom stereocenters. The van der Waals surface area contributed by atoms with E-state index in [1.165, 1.54) is 22.8 Å². The summed E-state index contributed by atoms with van der Waals surface area (Å²) >= 11 is 5.75. The summed E-state index contributed by atoms with van der Waals surface area (Å²) in [4.78, 5) is 21.8. The molecule has 2 N–H and O–H groups in total. The number of rotatable bonds is 6. The van der Waals surface area contributed by atoms with E-state index in [1.807, 2.05) is 0 Å². The SMILES string of the molecule is O=c1cc(-c2ccnc(N[C@@H]3C[C@H]4C[C@@H]3CO4)n2)ccn1[C@H](CO)c1ccc(Cl)c(F)c1. The highest BCUT2D eigenvalue weighted by Crippen LogP contribution is 2.36. The molecular formula is C23H22ClFN4O3. The quantitative estimate of drug-likeness (QED) is 0.591. The Bertz CT molecular complexity index is 1200. The van der Waals surface area contributed by atoms with E-state index in [0.717, 1.165) is 19.4 Å². The number of fused-ring (bicyclic) bond motifs is 2. The molecular weight excluding hydrogens is 435 g/mol. The molecule has 1 saturated carbocycles. The minimum Gasteiger partial charge on any atom is -0.394 e. The smallest absolute Gasteiger partial charge is 0.251 e. The zero-order valence-electron chi connectivity index (χ0n) is 17.1. The zero-order valence-corrected chi connectivity index (χ0v) is 17.9. The monoisotopic (exact) mass is 456 g/mol.